The first-order valence-electron chi connectivity index (χ1n) is 7.77. The van der Waals surface area contributed by atoms with Crippen LogP contribution in [0, 0.1) is 6.92 Å². The Bertz CT molecular complexity index is 1050. The highest BCUT2D eigenvalue weighted by molar-refractivity contribution is 5.79. The lowest BCUT2D eigenvalue weighted by Crippen LogP contribution is -2.40. The second-order valence-corrected chi connectivity index (χ2v) is 5.93. The summed E-state index contributed by atoms with van der Waals surface area (Å²) in [5, 5.41) is 7.77. The number of hydrogen-bond acceptors (Lipinski definition) is 6. The van der Waals surface area contributed by atoms with Crippen LogP contribution < -0.4 is 5.32 Å². The first-order valence-corrected chi connectivity index (χ1v) is 7.77. The molecule has 1 fully saturated rings. The van der Waals surface area contributed by atoms with Crippen LogP contribution in [0.25, 0.3) is 22.4 Å². The molecule has 0 bridgehead atoms. The smallest absolute Gasteiger partial charge is 0.241 e. The van der Waals surface area contributed by atoms with E-state index in [1.807, 2.05) is 52.9 Å². The molecule has 8 nitrogen and oxygen atoms in total. The monoisotopic (exact) mass is 321 g/mol. The van der Waals surface area contributed by atoms with Gasteiger partial charge >= 0.3 is 0 Å². The van der Waals surface area contributed by atoms with Gasteiger partial charge in [0.25, 0.3) is 0 Å². The van der Waals surface area contributed by atoms with E-state index in [1.54, 1.807) is 0 Å². The molecule has 0 aliphatic carbocycles. The Kier molecular flexibility index (Phi) is 2.80. The first-order chi connectivity index (χ1) is 11.8. The standard InChI is InChI=1S/C16H15N7O/c1-10-4-18-16-19-5-11(7-22(10)16)13-2-3-23-14(13)6-17-15(21-23)20-12-8-24-9-12/h2-7,12H,8-9H2,1H3,(H,20,21). The molecule has 0 saturated carbocycles. The Morgan fingerprint density at radius 1 is 1.17 bits per heavy atom. The lowest BCUT2D eigenvalue weighted by atomic mass is 10.1. The molecule has 0 radical (unpaired) electrons. The van der Waals surface area contributed by atoms with Crippen molar-refractivity contribution >= 4 is 17.2 Å². The van der Waals surface area contributed by atoms with Crippen molar-refractivity contribution in [3.05, 3.63) is 42.7 Å². The molecule has 1 aliphatic heterocycles. The topological polar surface area (TPSA) is 81.6 Å². The maximum absolute atomic E-state index is 5.16. The molecule has 8 heteroatoms. The predicted molar refractivity (Wildman–Crippen MR) is 87.9 cm³/mol. The quantitative estimate of drug-likeness (QED) is 0.617. The number of ether oxygens (including phenoxy) is 1. The molecule has 1 saturated heterocycles. The van der Waals surface area contributed by atoms with E-state index in [0.717, 1.165) is 22.3 Å². The minimum Gasteiger partial charge on any atom is -0.377 e. The summed E-state index contributed by atoms with van der Waals surface area (Å²) in [6, 6.07) is 2.32. The first kappa shape index (κ1) is 13.4. The van der Waals surface area contributed by atoms with Gasteiger partial charge in [0.15, 0.2) is 0 Å². The van der Waals surface area contributed by atoms with Crippen LogP contribution in [0.1, 0.15) is 5.69 Å². The summed E-state index contributed by atoms with van der Waals surface area (Å²) in [6.45, 7) is 3.41. The third-order valence-electron chi connectivity index (χ3n) is 4.25. The van der Waals surface area contributed by atoms with Crippen molar-refractivity contribution in [1.82, 2.24) is 29.0 Å². The maximum atomic E-state index is 5.16. The minimum absolute atomic E-state index is 0.299. The highest BCUT2D eigenvalue weighted by Crippen LogP contribution is 2.25. The van der Waals surface area contributed by atoms with Crippen molar-refractivity contribution in [3.8, 4) is 11.1 Å². The van der Waals surface area contributed by atoms with Gasteiger partial charge in [0.1, 0.15) is 0 Å². The van der Waals surface area contributed by atoms with Crippen molar-refractivity contribution < 1.29 is 4.74 Å². The third-order valence-corrected chi connectivity index (χ3v) is 4.25. The molecule has 1 aliphatic rings. The minimum atomic E-state index is 0.299. The van der Waals surface area contributed by atoms with Crippen molar-refractivity contribution in [2.75, 3.05) is 18.5 Å². The lowest BCUT2D eigenvalue weighted by Gasteiger charge is -2.26. The molecule has 0 aromatic carbocycles. The molecule has 0 unspecified atom stereocenters. The van der Waals surface area contributed by atoms with Crippen molar-refractivity contribution in [2.45, 2.75) is 13.0 Å². The van der Waals surface area contributed by atoms with Crippen molar-refractivity contribution in [3.63, 3.8) is 0 Å². The molecule has 5 heterocycles. The number of anilines is 1. The summed E-state index contributed by atoms with van der Waals surface area (Å²) in [5.74, 6) is 1.31. The third kappa shape index (κ3) is 2.04. The fourth-order valence-corrected chi connectivity index (χ4v) is 2.84. The fourth-order valence-electron chi connectivity index (χ4n) is 2.84. The van der Waals surface area contributed by atoms with Gasteiger partial charge in [-0.3, -0.25) is 4.40 Å². The Labute approximate surface area is 137 Å². The van der Waals surface area contributed by atoms with Crippen LogP contribution in [-0.2, 0) is 4.74 Å². The highest BCUT2D eigenvalue weighted by atomic mass is 16.5. The number of fused-ring (bicyclic) bond motifs is 2. The van der Waals surface area contributed by atoms with Crippen LogP contribution in [0.15, 0.2) is 37.1 Å². The van der Waals surface area contributed by atoms with Gasteiger partial charge in [0.05, 0.1) is 37.2 Å². The Morgan fingerprint density at radius 2 is 2.04 bits per heavy atom. The van der Waals surface area contributed by atoms with E-state index in [9.17, 15) is 0 Å². The van der Waals surface area contributed by atoms with Crippen molar-refractivity contribution in [2.24, 2.45) is 0 Å². The molecule has 5 rings (SSSR count). The van der Waals surface area contributed by atoms with Gasteiger partial charge in [0.2, 0.25) is 11.7 Å². The zero-order chi connectivity index (χ0) is 16.1. The summed E-state index contributed by atoms with van der Waals surface area (Å²) < 4.78 is 8.96. The number of nitrogens with one attached hydrogen (secondary N) is 1. The van der Waals surface area contributed by atoms with E-state index < -0.39 is 0 Å². The largest absolute Gasteiger partial charge is 0.377 e. The number of nitrogens with zero attached hydrogens (tertiary/aromatic N) is 6. The molecular formula is C16H15N7O. The van der Waals surface area contributed by atoms with E-state index >= 15 is 0 Å². The molecule has 0 spiro atoms. The zero-order valence-corrected chi connectivity index (χ0v) is 13.0. The molecule has 120 valence electrons. The number of imidazole rings is 1. The molecule has 1 N–H and O–H groups in total. The van der Waals surface area contributed by atoms with Crippen molar-refractivity contribution in [1.29, 1.82) is 0 Å². The summed E-state index contributed by atoms with van der Waals surface area (Å²) >= 11 is 0. The average Bonchev–Trinajstić information content (AvgIpc) is 3.14. The van der Waals surface area contributed by atoms with Gasteiger partial charge in [-0.25, -0.2) is 19.5 Å². The summed E-state index contributed by atoms with van der Waals surface area (Å²) in [6.07, 6.45) is 9.44. The van der Waals surface area contributed by atoms with Gasteiger partial charge in [-0.05, 0) is 13.0 Å². The number of aryl methyl sites for hydroxylation is 1. The van der Waals surface area contributed by atoms with E-state index in [0.29, 0.717) is 31.0 Å². The second-order valence-electron chi connectivity index (χ2n) is 5.93. The Balaban J connectivity index is 1.56. The highest BCUT2D eigenvalue weighted by Gasteiger charge is 2.19. The molecule has 0 atom stereocenters. The molecular weight excluding hydrogens is 306 g/mol. The van der Waals surface area contributed by atoms with Crippen LogP contribution >= 0.6 is 0 Å². The SMILES string of the molecule is Cc1cnc2ncc(-c3ccn4nc(NC5COC5)ncc34)cn12. The van der Waals surface area contributed by atoms with Gasteiger partial charge in [-0.1, -0.05) is 0 Å². The van der Waals surface area contributed by atoms with Crippen LogP contribution in [0.2, 0.25) is 0 Å². The Hall–Kier alpha value is -3.00. The van der Waals surface area contributed by atoms with Crippen LogP contribution in [0.4, 0.5) is 5.95 Å². The number of rotatable bonds is 3. The van der Waals surface area contributed by atoms with Gasteiger partial charge < -0.3 is 10.1 Å². The zero-order valence-electron chi connectivity index (χ0n) is 13.0. The summed E-state index contributed by atoms with van der Waals surface area (Å²) in [4.78, 5) is 13.1. The van der Waals surface area contributed by atoms with E-state index in [4.69, 9.17) is 4.74 Å². The van der Waals surface area contributed by atoms with Crippen LogP contribution in [0.3, 0.4) is 0 Å². The summed E-state index contributed by atoms with van der Waals surface area (Å²) in [7, 11) is 0. The van der Waals surface area contributed by atoms with Crippen LogP contribution in [-0.4, -0.2) is 48.2 Å². The summed E-state index contributed by atoms with van der Waals surface area (Å²) in [5.41, 5.74) is 4.02. The fraction of sp³-hybridized carbons (Fsp3) is 0.250. The lowest BCUT2D eigenvalue weighted by molar-refractivity contribution is 0.0207. The van der Waals surface area contributed by atoms with Gasteiger partial charge in [-0.2, -0.15) is 0 Å². The molecule has 4 aromatic heterocycles. The second kappa shape index (κ2) is 5.00. The average molecular weight is 321 g/mol. The van der Waals surface area contributed by atoms with Gasteiger partial charge in [-0.15, -0.1) is 5.10 Å². The Morgan fingerprint density at radius 3 is 2.88 bits per heavy atom. The van der Waals surface area contributed by atoms with E-state index in [1.165, 1.54) is 0 Å². The number of aromatic nitrogens is 6. The maximum Gasteiger partial charge on any atom is 0.241 e. The van der Waals surface area contributed by atoms with Gasteiger partial charge in [0, 0.05) is 35.4 Å². The predicted octanol–water partition coefficient (Wildman–Crippen LogP) is 1.56. The normalized spacial score (nSPS) is 15.0. The van der Waals surface area contributed by atoms with E-state index in [2.05, 4.69) is 25.4 Å². The van der Waals surface area contributed by atoms with Crippen LogP contribution in [0.5, 0.6) is 0 Å². The molecule has 0 amide bonds. The molecule has 24 heavy (non-hydrogen) atoms. The van der Waals surface area contributed by atoms with E-state index in [-0.39, 0.29) is 0 Å². The number of hydrogen-bond donors (Lipinski definition) is 1. The molecule has 4 aromatic rings.